The number of carbonyl (C=O) groups is 1. The van der Waals surface area contributed by atoms with Crippen LogP contribution in [0.3, 0.4) is 0 Å². The fraction of sp³-hybridized carbons (Fsp3) is 0.389. The molecular formula is C18H21ClOS. The number of thiophene rings is 1. The second-order valence-electron chi connectivity index (χ2n) is 6.54. The molecule has 2 rings (SSSR count). The molecule has 0 saturated heterocycles. The molecule has 0 fully saturated rings. The molecule has 1 aromatic heterocycles. The molecule has 0 bridgehead atoms. The van der Waals surface area contributed by atoms with E-state index in [1.54, 1.807) is 6.07 Å². The molecule has 0 atom stereocenters. The summed E-state index contributed by atoms with van der Waals surface area (Å²) in [5.74, 6) is 0.140. The van der Waals surface area contributed by atoms with Crippen molar-refractivity contribution in [3.63, 3.8) is 0 Å². The Morgan fingerprint density at radius 1 is 1.14 bits per heavy atom. The molecule has 0 spiro atoms. The average Bonchev–Trinajstić information content (AvgIpc) is 2.79. The Bertz CT molecular complexity index is 654. The molecule has 112 valence electrons. The molecule has 3 heteroatoms. The minimum atomic E-state index is 0.124. The van der Waals surface area contributed by atoms with E-state index in [1.807, 2.05) is 6.07 Å². The van der Waals surface area contributed by atoms with Gasteiger partial charge in [0, 0.05) is 6.42 Å². The molecule has 1 aromatic carbocycles. The fourth-order valence-electron chi connectivity index (χ4n) is 2.42. The first-order valence-electron chi connectivity index (χ1n) is 7.07. The maximum Gasteiger partial charge on any atom is 0.177 e. The summed E-state index contributed by atoms with van der Waals surface area (Å²) >= 11 is 7.26. The largest absolute Gasteiger partial charge is 0.293 e. The van der Waals surface area contributed by atoms with Crippen LogP contribution in [0.5, 0.6) is 0 Å². The Labute approximate surface area is 136 Å². The summed E-state index contributed by atoms with van der Waals surface area (Å²) < 4.78 is 0.662. The summed E-state index contributed by atoms with van der Waals surface area (Å²) in [7, 11) is 0. The summed E-state index contributed by atoms with van der Waals surface area (Å²) in [5, 5.41) is 0. The molecule has 0 unspecified atom stereocenters. The number of hydrogen-bond donors (Lipinski definition) is 0. The van der Waals surface area contributed by atoms with Crippen LogP contribution in [-0.4, -0.2) is 5.78 Å². The maximum absolute atomic E-state index is 12.4. The minimum absolute atomic E-state index is 0.124. The lowest BCUT2D eigenvalue weighted by Gasteiger charge is -2.22. The van der Waals surface area contributed by atoms with E-state index in [9.17, 15) is 4.79 Å². The normalized spacial score (nSPS) is 11.7. The van der Waals surface area contributed by atoms with Crippen molar-refractivity contribution < 1.29 is 4.79 Å². The Morgan fingerprint density at radius 3 is 2.14 bits per heavy atom. The van der Waals surface area contributed by atoms with Gasteiger partial charge in [0.05, 0.1) is 9.21 Å². The molecular weight excluding hydrogens is 300 g/mol. The van der Waals surface area contributed by atoms with Gasteiger partial charge in [0.15, 0.2) is 5.78 Å². The number of hydrogen-bond acceptors (Lipinski definition) is 2. The van der Waals surface area contributed by atoms with Gasteiger partial charge in [-0.3, -0.25) is 4.79 Å². The van der Waals surface area contributed by atoms with Gasteiger partial charge in [0.25, 0.3) is 0 Å². The van der Waals surface area contributed by atoms with Crippen molar-refractivity contribution in [2.75, 3.05) is 0 Å². The van der Waals surface area contributed by atoms with Gasteiger partial charge in [0.1, 0.15) is 0 Å². The SMILES string of the molecule is Cc1cc(C(C)(C)C)cc(C)c1CC(=O)c1ccc(Cl)s1. The van der Waals surface area contributed by atoms with E-state index < -0.39 is 0 Å². The summed E-state index contributed by atoms with van der Waals surface area (Å²) in [6.45, 7) is 10.8. The first-order chi connectivity index (χ1) is 9.68. The third kappa shape index (κ3) is 3.75. The van der Waals surface area contributed by atoms with Crippen LogP contribution in [0.2, 0.25) is 4.34 Å². The first-order valence-corrected chi connectivity index (χ1v) is 8.27. The highest BCUT2D eigenvalue weighted by atomic mass is 35.5. The number of aryl methyl sites for hydroxylation is 2. The molecule has 0 N–H and O–H groups in total. The Hall–Kier alpha value is -1.12. The number of halogens is 1. The molecule has 21 heavy (non-hydrogen) atoms. The van der Waals surface area contributed by atoms with Crippen LogP contribution in [0.15, 0.2) is 24.3 Å². The van der Waals surface area contributed by atoms with Crippen molar-refractivity contribution in [3.8, 4) is 0 Å². The van der Waals surface area contributed by atoms with Crippen LogP contribution in [0.4, 0.5) is 0 Å². The number of benzene rings is 1. The molecule has 2 aromatic rings. The van der Waals surface area contributed by atoms with Crippen molar-refractivity contribution in [3.05, 3.63) is 55.7 Å². The van der Waals surface area contributed by atoms with Crippen molar-refractivity contribution in [2.45, 2.75) is 46.5 Å². The van der Waals surface area contributed by atoms with E-state index >= 15 is 0 Å². The predicted octanol–water partition coefficient (Wildman–Crippen LogP) is 5.74. The predicted molar refractivity (Wildman–Crippen MR) is 92.0 cm³/mol. The molecule has 0 saturated carbocycles. The summed E-state index contributed by atoms with van der Waals surface area (Å²) in [4.78, 5) is 13.1. The van der Waals surface area contributed by atoms with Gasteiger partial charge >= 0.3 is 0 Å². The van der Waals surface area contributed by atoms with Gasteiger partial charge in [-0.2, -0.15) is 0 Å². The highest BCUT2D eigenvalue weighted by molar-refractivity contribution is 7.18. The van der Waals surface area contributed by atoms with Crippen molar-refractivity contribution in [1.29, 1.82) is 0 Å². The lowest BCUT2D eigenvalue weighted by atomic mass is 9.83. The zero-order chi connectivity index (χ0) is 15.8. The van der Waals surface area contributed by atoms with Gasteiger partial charge in [-0.05, 0) is 53.6 Å². The third-order valence-electron chi connectivity index (χ3n) is 3.75. The van der Waals surface area contributed by atoms with E-state index in [4.69, 9.17) is 11.6 Å². The Morgan fingerprint density at radius 2 is 1.71 bits per heavy atom. The Kier molecular flexibility index (Phi) is 4.60. The lowest BCUT2D eigenvalue weighted by molar-refractivity contribution is 0.0996. The monoisotopic (exact) mass is 320 g/mol. The van der Waals surface area contributed by atoms with Crippen LogP contribution < -0.4 is 0 Å². The fourth-order valence-corrected chi connectivity index (χ4v) is 3.40. The molecule has 1 heterocycles. The van der Waals surface area contributed by atoms with E-state index in [0.29, 0.717) is 10.8 Å². The van der Waals surface area contributed by atoms with Crippen molar-refractivity contribution >= 4 is 28.7 Å². The zero-order valence-electron chi connectivity index (χ0n) is 13.2. The summed E-state index contributed by atoms with van der Waals surface area (Å²) in [6.07, 6.45) is 0.443. The van der Waals surface area contributed by atoms with Gasteiger partial charge in [-0.15, -0.1) is 11.3 Å². The van der Waals surface area contributed by atoms with E-state index in [0.717, 1.165) is 10.4 Å². The number of carbonyl (C=O) groups excluding carboxylic acids is 1. The number of Topliss-reactive ketones (excluding diaryl/α,β-unsaturated/α-hetero) is 1. The lowest BCUT2D eigenvalue weighted by Crippen LogP contribution is -2.13. The second kappa shape index (κ2) is 5.94. The van der Waals surface area contributed by atoms with Gasteiger partial charge < -0.3 is 0 Å². The van der Waals surface area contributed by atoms with Crippen LogP contribution in [0.1, 0.15) is 52.7 Å². The van der Waals surface area contributed by atoms with E-state index in [1.165, 1.54) is 28.0 Å². The highest BCUT2D eigenvalue weighted by Gasteiger charge is 2.18. The maximum atomic E-state index is 12.4. The zero-order valence-corrected chi connectivity index (χ0v) is 14.8. The molecule has 0 amide bonds. The number of ketones is 1. The average molecular weight is 321 g/mol. The number of rotatable bonds is 3. The summed E-state index contributed by atoms with van der Waals surface area (Å²) in [6, 6.07) is 8.00. The Balaban J connectivity index is 2.31. The van der Waals surface area contributed by atoms with Crippen molar-refractivity contribution in [1.82, 2.24) is 0 Å². The van der Waals surface area contributed by atoms with Crippen molar-refractivity contribution in [2.24, 2.45) is 0 Å². The van der Waals surface area contributed by atoms with Crippen LogP contribution >= 0.6 is 22.9 Å². The topological polar surface area (TPSA) is 17.1 Å². The first kappa shape index (κ1) is 16.3. The van der Waals surface area contributed by atoms with Crippen LogP contribution in [0.25, 0.3) is 0 Å². The molecule has 0 aliphatic carbocycles. The molecule has 0 aliphatic heterocycles. The smallest absolute Gasteiger partial charge is 0.177 e. The summed E-state index contributed by atoms with van der Waals surface area (Å²) in [5.41, 5.74) is 4.96. The van der Waals surface area contributed by atoms with Crippen LogP contribution in [0, 0.1) is 13.8 Å². The molecule has 0 radical (unpaired) electrons. The molecule has 1 nitrogen and oxygen atoms in total. The van der Waals surface area contributed by atoms with Crippen LogP contribution in [-0.2, 0) is 11.8 Å². The minimum Gasteiger partial charge on any atom is -0.293 e. The van der Waals surface area contributed by atoms with E-state index in [2.05, 4.69) is 46.8 Å². The highest BCUT2D eigenvalue weighted by Crippen LogP contribution is 2.28. The van der Waals surface area contributed by atoms with Gasteiger partial charge in [-0.1, -0.05) is 44.5 Å². The van der Waals surface area contributed by atoms with Gasteiger partial charge in [0.2, 0.25) is 0 Å². The van der Waals surface area contributed by atoms with E-state index in [-0.39, 0.29) is 11.2 Å². The second-order valence-corrected chi connectivity index (χ2v) is 8.26. The van der Waals surface area contributed by atoms with Gasteiger partial charge in [-0.25, -0.2) is 0 Å². The quantitative estimate of drug-likeness (QED) is 0.659. The molecule has 0 aliphatic rings. The standard InChI is InChI=1S/C18H21ClOS/c1-11-8-13(18(3,4)5)9-12(2)14(11)10-15(20)16-6-7-17(19)21-16/h6-9H,10H2,1-5H3. The third-order valence-corrected chi connectivity index (χ3v) is 5.02.